The largest absolute Gasteiger partial charge is 0.319 e. The van der Waals surface area contributed by atoms with Crippen LogP contribution in [0.15, 0.2) is 35.8 Å². The summed E-state index contributed by atoms with van der Waals surface area (Å²) in [7, 11) is 1.55. The number of nitrogens with zero attached hydrogens (tertiary/aromatic N) is 3. The number of thiazole rings is 1. The van der Waals surface area contributed by atoms with E-state index in [9.17, 15) is 13.6 Å². The summed E-state index contributed by atoms with van der Waals surface area (Å²) in [5, 5.41) is 8.58. The van der Waals surface area contributed by atoms with Crippen LogP contribution in [-0.2, 0) is 7.05 Å². The SMILES string of the molecule is Cn1cc(-c2nc(C(=O)Nc3ccccc3Cl)cs2)c(C(F)F)n1. The number of hydrogen-bond donors (Lipinski definition) is 1. The molecule has 0 spiro atoms. The molecule has 0 saturated heterocycles. The summed E-state index contributed by atoms with van der Waals surface area (Å²) in [6.45, 7) is 0. The molecular weight excluding hydrogens is 358 g/mol. The Morgan fingerprint density at radius 1 is 1.38 bits per heavy atom. The van der Waals surface area contributed by atoms with Crippen molar-refractivity contribution >= 4 is 34.5 Å². The van der Waals surface area contributed by atoms with Gasteiger partial charge in [-0.05, 0) is 12.1 Å². The molecule has 3 aromatic rings. The van der Waals surface area contributed by atoms with Crippen LogP contribution in [0.1, 0.15) is 22.6 Å². The zero-order valence-corrected chi connectivity index (χ0v) is 13.9. The van der Waals surface area contributed by atoms with E-state index in [1.165, 1.54) is 16.3 Å². The lowest BCUT2D eigenvalue weighted by Crippen LogP contribution is -2.12. The van der Waals surface area contributed by atoms with Gasteiger partial charge in [0.05, 0.1) is 16.3 Å². The molecule has 0 aliphatic rings. The van der Waals surface area contributed by atoms with Crippen molar-refractivity contribution in [2.45, 2.75) is 6.43 Å². The fourth-order valence-electron chi connectivity index (χ4n) is 2.08. The lowest BCUT2D eigenvalue weighted by atomic mass is 10.2. The number of para-hydroxylation sites is 1. The highest BCUT2D eigenvalue weighted by molar-refractivity contribution is 7.13. The third-order valence-corrected chi connectivity index (χ3v) is 4.36. The number of alkyl halides is 2. The van der Waals surface area contributed by atoms with E-state index >= 15 is 0 Å². The molecule has 124 valence electrons. The Morgan fingerprint density at radius 3 is 2.83 bits per heavy atom. The fraction of sp³-hybridized carbons (Fsp3) is 0.133. The monoisotopic (exact) mass is 368 g/mol. The van der Waals surface area contributed by atoms with Gasteiger partial charge < -0.3 is 5.32 Å². The highest BCUT2D eigenvalue weighted by atomic mass is 35.5. The second-order valence-electron chi connectivity index (χ2n) is 4.87. The van der Waals surface area contributed by atoms with Gasteiger partial charge in [-0.2, -0.15) is 5.10 Å². The van der Waals surface area contributed by atoms with Crippen LogP contribution in [0.25, 0.3) is 10.6 Å². The summed E-state index contributed by atoms with van der Waals surface area (Å²) in [6, 6.07) is 6.78. The van der Waals surface area contributed by atoms with Gasteiger partial charge in [0.1, 0.15) is 16.4 Å². The number of carbonyl (C=O) groups excluding carboxylic acids is 1. The smallest absolute Gasteiger partial charge is 0.282 e. The van der Waals surface area contributed by atoms with Crippen molar-refractivity contribution in [3.8, 4) is 10.6 Å². The number of anilines is 1. The third-order valence-electron chi connectivity index (χ3n) is 3.15. The van der Waals surface area contributed by atoms with Gasteiger partial charge in [0.15, 0.2) is 0 Å². The third kappa shape index (κ3) is 3.29. The molecule has 0 fully saturated rings. The van der Waals surface area contributed by atoms with Crippen LogP contribution in [-0.4, -0.2) is 20.7 Å². The molecule has 1 N–H and O–H groups in total. The molecule has 0 aliphatic heterocycles. The van der Waals surface area contributed by atoms with Gasteiger partial charge in [0.25, 0.3) is 12.3 Å². The number of nitrogens with one attached hydrogen (secondary N) is 1. The predicted octanol–water partition coefficient (Wildman–Crippen LogP) is 4.39. The van der Waals surface area contributed by atoms with Crippen LogP contribution in [0.5, 0.6) is 0 Å². The number of halogens is 3. The number of aromatic nitrogens is 3. The molecule has 5 nitrogen and oxygen atoms in total. The maximum atomic E-state index is 13.0. The maximum absolute atomic E-state index is 13.0. The number of benzene rings is 1. The molecule has 1 amide bonds. The van der Waals surface area contributed by atoms with Crippen LogP contribution in [0.3, 0.4) is 0 Å². The standard InChI is InChI=1S/C15H11ClF2N4OS/c1-22-6-8(12(21-22)13(17)18)15-20-11(7-24-15)14(23)19-10-5-3-2-4-9(10)16/h2-7,13H,1H3,(H,19,23). The minimum Gasteiger partial charge on any atom is -0.319 e. The molecule has 0 atom stereocenters. The van der Waals surface area contributed by atoms with E-state index < -0.39 is 12.3 Å². The lowest BCUT2D eigenvalue weighted by Gasteiger charge is -2.04. The fourth-order valence-corrected chi connectivity index (χ4v) is 3.08. The van der Waals surface area contributed by atoms with Crippen LogP contribution >= 0.6 is 22.9 Å². The minimum absolute atomic E-state index is 0.124. The zero-order valence-electron chi connectivity index (χ0n) is 12.3. The Balaban J connectivity index is 1.86. The summed E-state index contributed by atoms with van der Waals surface area (Å²) < 4.78 is 27.4. The molecule has 24 heavy (non-hydrogen) atoms. The molecule has 0 aliphatic carbocycles. The second kappa shape index (κ2) is 6.66. The van der Waals surface area contributed by atoms with Gasteiger partial charge >= 0.3 is 0 Å². The summed E-state index contributed by atoms with van der Waals surface area (Å²) in [5.41, 5.74) is 0.437. The average molecular weight is 369 g/mol. The summed E-state index contributed by atoms with van der Waals surface area (Å²) in [4.78, 5) is 16.4. The van der Waals surface area contributed by atoms with Crippen molar-refractivity contribution in [2.75, 3.05) is 5.32 Å². The molecule has 3 rings (SSSR count). The number of carbonyl (C=O) groups is 1. The van der Waals surface area contributed by atoms with Crippen LogP contribution < -0.4 is 5.32 Å². The van der Waals surface area contributed by atoms with Gasteiger partial charge in [-0.1, -0.05) is 23.7 Å². The average Bonchev–Trinajstić information content (AvgIpc) is 3.16. The van der Waals surface area contributed by atoms with E-state index in [0.717, 1.165) is 11.3 Å². The Kier molecular flexibility index (Phi) is 4.59. The van der Waals surface area contributed by atoms with Crippen molar-refractivity contribution in [1.82, 2.24) is 14.8 Å². The van der Waals surface area contributed by atoms with Crippen molar-refractivity contribution in [3.63, 3.8) is 0 Å². The first-order valence-electron chi connectivity index (χ1n) is 6.79. The van der Waals surface area contributed by atoms with E-state index in [-0.39, 0.29) is 17.0 Å². The molecular formula is C15H11ClF2N4OS. The minimum atomic E-state index is -2.72. The molecule has 2 heterocycles. The number of amides is 1. The van der Waals surface area contributed by atoms with Crippen molar-refractivity contribution in [1.29, 1.82) is 0 Å². The summed E-state index contributed by atoms with van der Waals surface area (Å²) in [6.07, 6.45) is -1.26. The molecule has 0 unspecified atom stereocenters. The first-order valence-corrected chi connectivity index (χ1v) is 8.05. The van der Waals surface area contributed by atoms with E-state index in [4.69, 9.17) is 11.6 Å². The van der Waals surface area contributed by atoms with E-state index in [1.807, 2.05) is 0 Å². The number of hydrogen-bond acceptors (Lipinski definition) is 4. The topological polar surface area (TPSA) is 59.8 Å². The van der Waals surface area contributed by atoms with Crippen LogP contribution in [0.4, 0.5) is 14.5 Å². The highest BCUT2D eigenvalue weighted by Crippen LogP contribution is 2.32. The van der Waals surface area contributed by atoms with Crippen LogP contribution in [0.2, 0.25) is 5.02 Å². The first kappa shape index (κ1) is 16.5. The van der Waals surface area contributed by atoms with Crippen molar-refractivity contribution in [3.05, 3.63) is 52.3 Å². The molecule has 1 aromatic carbocycles. The van der Waals surface area contributed by atoms with Gasteiger partial charge in [-0.3, -0.25) is 9.48 Å². The van der Waals surface area contributed by atoms with Gasteiger partial charge in [-0.25, -0.2) is 13.8 Å². The van der Waals surface area contributed by atoms with Crippen molar-refractivity contribution in [2.24, 2.45) is 7.05 Å². The van der Waals surface area contributed by atoms with Gasteiger partial charge in [0.2, 0.25) is 0 Å². The second-order valence-corrected chi connectivity index (χ2v) is 6.14. The lowest BCUT2D eigenvalue weighted by molar-refractivity contribution is 0.102. The summed E-state index contributed by atoms with van der Waals surface area (Å²) >= 11 is 7.09. The Morgan fingerprint density at radius 2 is 2.12 bits per heavy atom. The molecule has 9 heteroatoms. The van der Waals surface area contributed by atoms with Gasteiger partial charge in [-0.15, -0.1) is 11.3 Å². The van der Waals surface area contributed by atoms with Crippen LogP contribution in [0, 0.1) is 0 Å². The molecule has 0 bridgehead atoms. The first-order chi connectivity index (χ1) is 11.5. The molecule has 2 aromatic heterocycles. The zero-order chi connectivity index (χ0) is 17.3. The van der Waals surface area contributed by atoms with E-state index in [0.29, 0.717) is 15.7 Å². The highest BCUT2D eigenvalue weighted by Gasteiger charge is 2.22. The Labute approximate surface area is 144 Å². The quantitative estimate of drug-likeness (QED) is 0.743. The Bertz CT molecular complexity index is 893. The van der Waals surface area contributed by atoms with Crippen molar-refractivity contribution < 1.29 is 13.6 Å². The summed E-state index contributed by atoms with van der Waals surface area (Å²) in [5.74, 6) is -0.465. The number of rotatable bonds is 4. The van der Waals surface area contributed by atoms with E-state index in [2.05, 4.69) is 15.4 Å². The normalized spacial score (nSPS) is 11.0. The maximum Gasteiger partial charge on any atom is 0.282 e. The molecule has 0 radical (unpaired) electrons. The molecule has 0 saturated carbocycles. The van der Waals surface area contributed by atoms with E-state index in [1.54, 1.807) is 31.3 Å². The van der Waals surface area contributed by atoms with Gasteiger partial charge in [0, 0.05) is 18.6 Å². The predicted molar refractivity (Wildman–Crippen MR) is 88.7 cm³/mol. The number of aryl methyl sites for hydroxylation is 1. The Hall–Kier alpha value is -2.32.